The predicted octanol–water partition coefficient (Wildman–Crippen LogP) is 2.97. The van der Waals surface area contributed by atoms with Gasteiger partial charge in [0.2, 0.25) is 0 Å². The Morgan fingerprint density at radius 2 is 2.16 bits per heavy atom. The van der Waals surface area contributed by atoms with Crippen molar-refractivity contribution in [3.8, 4) is 0 Å². The first-order valence-electron chi connectivity index (χ1n) is 7.72. The van der Waals surface area contributed by atoms with Crippen LogP contribution >= 0.6 is 11.8 Å². The molecule has 1 saturated heterocycles. The molecule has 2 unspecified atom stereocenters. The molecule has 0 aromatic carbocycles. The van der Waals surface area contributed by atoms with E-state index in [-0.39, 0.29) is 0 Å². The molecule has 2 heterocycles. The van der Waals surface area contributed by atoms with Gasteiger partial charge in [0.1, 0.15) is 0 Å². The number of likely N-dealkylation sites (tertiary alicyclic amines) is 1. The maximum Gasteiger partial charge on any atom is 0.156 e. The molecule has 2 rings (SSSR count). The lowest BCUT2D eigenvalue weighted by molar-refractivity contribution is 0.177. The number of nitrogens with zero attached hydrogens (tertiary/aromatic N) is 2. The van der Waals surface area contributed by atoms with Crippen LogP contribution in [0, 0.1) is 5.41 Å². The molecule has 4 heteroatoms. The molecular weight excluding hydrogens is 254 g/mol. The smallest absolute Gasteiger partial charge is 0.156 e. The molecule has 0 bridgehead atoms. The minimum Gasteiger partial charge on any atom is -0.362 e. The molecule has 0 aromatic rings. The van der Waals surface area contributed by atoms with Gasteiger partial charge in [-0.25, -0.2) is 0 Å². The fourth-order valence-electron chi connectivity index (χ4n) is 2.91. The highest BCUT2D eigenvalue weighted by Crippen LogP contribution is 2.35. The van der Waals surface area contributed by atoms with E-state index in [9.17, 15) is 0 Å². The van der Waals surface area contributed by atoms with E-state index in [4.69, 9.17) is 4.99 Å². The number of rotatable bonds is 3. The minimum atomic E-state index is 0.454. The Labute approximate surface area is 122 Å². The van der Waals surface area contributed by atoms with Crippen molar-refractivity contribution in [2.24, 2.45) is 10.4 Å². The molecule has 0 amide bonds. The second kappa shape index (κ2) is 6.49. The number of thioether (sulfide) groups is 1. The topological polar surface area (TPSA) is 27.6 Å². The standard InChI is InChI=1S/C15H29N3S/c1-5-15(6-2)10-16-14(19-11-15)17-13-7-8-18(4)12(3)9-13/h12-13H,5-11H2,1-4H3,(H,16,17). The lowest BCUT2D eigenvalue weighted by atomic mass is 9.84. The summed E-state index contributed by atoms with van der Waals surface area (Å²) in [5, 5.41) is 4.87. The summed E-state index contributed by atoms with van der Waals surface area (Å²) in [6.07, 6.45) is 4.98. The van der Waals surface area contributed by atoms with Gasteiger partial charge < -0.3 is 10.2 Å². The summed E-state index contributed by atoms with van der Waals surface area (Å²) in [7, 11) is 2.23. The predicted molar refractivity (Wildman–Crippen MR) is 86.0 cm³/mol. The van der Waals surface area contributed by atoms with Gasteiger partial charge >= 0.3 is 0 Å². The maximum atomic E-state index is 4.82. The van der Waals surface area contributed by atoms with Crippen molar-refractivity contribution < 1.29 is 0 Å². The molecule has 0 aliphatic carbocycles. The van der Waals surface area contributed by atoms with Gasteiger partial charge in [-0.15, -0.1) is 0 Å². The molecular formula is C15H29N3S. The van der Waals surface area contributed by atoms with Gasteiger partial charge in [0.25, 0.3) is 0 Å². The van der Waals surface area contributed by atoms with E-state index < -0.39 is 0 Å². The first-order chi connectivity index (χ1) is 9.08. The average Bonchev–Trinajstić information content (AvgIpc) is 2.44. The molecule has 3 nitrogen and oxygen atoms in total. The summed E-state index contributed by atoms with van der Waals surface area (Å²) in [4.78, 5) is 7.27. The van der Waals surface area contributed by atoms with Crippen LogP contribution in [0.1, 0.15) is 46.5 Å². The second-order valence-corrected chi connectivity index (χ2v) is 7.28. The van der Waals surface area contributed by atoms with Crippen LogP contribution in [0.2, 0.25) is 0 Å². The van der Waals surface area contributed by atoms with Gasteiger partial charge in [-0.2, -0.15) is 0 Å². The summed E-state index contributed by atoms with van der Waals surface area (Å²) in [5.41, 5.74) is 0.454. The van der Waals surface area contributed by atoms with Crippen LogP contribution in [-0.2, 0) is 0 Å². The molecule has 0 aromatic heterocycles. The third-order valence-electron chi connectivity index (χ3n) is 5.11. The highest BCUT2D eigenvalue weighted by molar-refractivity contribution is 8.13. The summed E-state index contributed by atoms with van der Waals surface area (Å²) < 4.78 is 0. The van der Waals surface area contributed by atoms with Gasteiger partial charge in [0.15, 0.2) is 5.17 Å². The van der Waals surface area contributed by atoms with E-state index in [1.807, 2.05) is 11.8 Å². The zero-order chi connectivity index (χ0) is 13.9. The van der Waals surface area contributed by atoms with Crippen molar-refractivity contribution in [1.29, 1.82) is 0 Å². The Morgan fingerprint density at radius 1 is 1.42 bits per heavy atom. The molecule has 1 fully saturated rings. The average molecular weight is 283 g/mol. The molecule has 0 spiro atoms. The summed E-state index contributed by atoms with van der Waals surface area (Å²) in [5.74, 6) is 1.23. The quantitative estimate of drug-likeness (QED) is 0.863. The van der Waals surface area contributed by atoms with Gasteiger partial charge in [-0.1, -0.05) is 25.6 Å². The second-order valence-electron chi connectivity index (χ2n) is 6.31. The molecule has 0 radical (unpaired) electrons. The Hall–Kier alpha value is -0.220. The molecule has 110 valence electrons. The molecule has 2 aliphatic rings. The fourth-order valence-corrected chi connectivity index (χ4v) is 4.26. The van der Waals surface area contributed by atoms with Gasteiger partial charge in [-0.05, 0) is 45.1 Å². The summed E-state index contributed by atoms with van der Waals surface area (Å²) >= 11 is 1.94. The highest BCUT2D eigenvalue weighted by Gasteiger charge is 2.31. The van der Waals surface area contributed by atoms with Crippen molar-refractivity contribution >= 4 is 16.9 Å². The van der Waals surface area contributed by atoms with Crippen molar-refractivity contribution in [1.82, 2.24) is 10.2 Å². The van der Waals surface area contributed by atoms with E-state index in [0.717, 1.165) is 6.54 Å². The molecule has 2 aliphatic heterocycles. The van der Waals surface area contributed by atoms with E-state index >= 15 is 0 Å². The van der Waals surface area contributed by atoms with E-state index in [1.165, 1.54) is 43.1 Å². The number of amidine groups is 1. The lowest BCUT2D eigenvalue weighted by Gasteiger charge is -2.38. The Balaban J connectivity index is 1.86. The van der Waals surface area contributed by atoms with Crippen LogP contribution in [0.25, 0.3) is 0 Å². The zero-order valence-corrected chi connectivity index (χ0v) is 13.7. The monoisotopic (exact) mass is 283 g/mol. The van der Waals surface area contributed by atoms with E-state index in [2.05, 4.69) is 38.0 Å². The fraction of sp³-hybridized carbons (Fsp3) is 0.933. The number of aliphatic imine (C=N–C) groups is 1. The van der Waals surface area contributed by atoms with Crippen molar-refractivity contribution in [3.05, 3.63) is 0 Å². The van der Waals surface area contributed by atoms with Crippen molar-refractivity contribution in [2.45, 2.75) is 58.5 Å². The van der Waals surface area contributed by atoms with Crippen LogP contribution < -0.4 is 5.32 Å². The number of piperidine rings is 1. The number of nitrogens with one attached hydrogen (secondary N) is 1. The van der Waals surface area contributed by atoms with Gasteiger partial charge in [-0.3, -0.25) is 4.99 Å². The summed E-state index contributed by atoms with van der Waals surface area (Å²) in [6, 6.07) is 1.30. The number of hydrogen-bond acceptors (Lipinski definition) is 4. The van der Waals surface area contributed by atoms with Crippen molar-refractivity contribution in [2.75, 3.05) is 25.9 Å². The molecule has 1 N–H and O–H groups in total. The van der Waals surface area contributed by atoms with Crippen LogP contribution in [0.3, 0.4) is 0 Å². The largest absolute Gasteiger partial charge is 0.362 e. The lowest BCUT2D eigenvalue weighted by Crippen LogP contribution is -2.47. The minimum absolute atomic E-state index is 0.454. The maximum absolute atomic E-state index is 4.82. The molecule has 0 saturated carbocycles. The number of hydrogen-bond donors (Lipinski definition) is 1. The summed E-state index contributed by atoms with van der Waals surface area (Å²) in [6.45, 7) is 9.14. The van der Waals surface area contributed by atoms with Gasteiger partial charge in [0.05, 0.1) is 0 Å². The molecule has 2 atom stereocenters. The normalized spacial score (nSPS) is 31.9. The first kappa shape index (κ1) is 15.2. The highest BCUT2D eigenvalue weighted by atomic mass is 32.2. The molecule has 19 heavy (non-hydrogen) atoms. The van der Waals surface area contributed by atoms with E-state index in [0.29, 0.717) is 17.5 Å². The SMILES string of the molecule is CCC1(CC)CN=C(NC2CCN(C)C(C)C2)SC1. The van der Waals surface area contributed by atoms with Gasteiger partial charge in [0, 0.05) is 30.9 Å². The van der Waals surface area contributed by atoms with Crippen molar-refractivity contribution in [3.63, 3.8) is 0 Å². The third kappa shape index (κ3) is 3.66. The van der Waals surface area contributed by atoms with Crippen LogP contribution in [-0.4, -0.2) is 48.0 Å². The van der Waals surface area contributed by atoms with E-state index in [1.54, 1.807) is 0 Å². The van der Waals surface area contributed by atoms with Crippen LogP contribution in [0.4, 0.5) is 0 Å². The Bertz CT molecular complexity index is 325. The van der Waals surface area contributed by atoms with Crippen LogP contribution in [0.5, 0.6) is 0 Å². The first-order valence-corrected chi connectivity index (χ1v) is 8.71. The zero-order valence-electron chi connectivity index (χ0n) is 12.9. The van der Waals surface area contributed by atoms with Crippen LogP contribution in [0.15, 0.2) is 4.99 Å². The third-order valence-corrected chi connectivity index (χ3v) is 6.39. The Kier molecular flexibility index (Phi) is 5.18. The Morgan fingerprint density at radius 3 is 2.68 bits per heavy atom.